The maximum atomic E-state index is 11.9. The summed E-state index contributed by atoms with van der Waals surface area (Å²) in [6.07, 6.45) is 3.83. The Bertz CT molecular complexity index is 1190. The predicted molar refractivity (Wildman–Crippen MR) is 139 cm³/mol. The zero-order chi connectivity index (χ0) is 24.8. The van der Waals surface area contributed by atoms with Gasteiger partial charge in [-0.1, -0.05) is 60.2 Å². The highest BCUT2D eigenvalue weighted by molar-refractivity contribution is 5.76. The molecular formula is C29H35N3O2. The Morgan fingerprint density at radius 2 is 1.79 bits per heavy atom. The van der Waals surface area contributed by atoms with E-state index >= 15 is 0 Å². The molecule has 0 amide bonds. The zero-order valence-electron chi connectivity index (χ0n) is 20.9. The minimum atomic E-state index is -0.845. The second kappa shape index (κ2) is 11.0. The Morgan fingerprint density at radius 1 is 1.09 bits per heavy atom. The molecule has 0 fully saturated rings. The molecule has 5 heteroatoms. The molecule has 0 aliphatic carbocycles. The van der Waals surface area contributed by atoms with Gasteiger partial charge in [0.1, 0.15) is 0 Å². The number of benzene rings is 2. The van der Waals surface area contributed by atoms with E-state index in [4.69, 9.17) is 5.10 Å². The average molecular weight is 458 g/mol. The van der Waals surface area contributed by atoms with Gasteiger partial charge in [0, 0.05) is 25.7 Å². The van der Waals surface area contributed by atoms with Crippen molar-refractivity contribution in [3.05, 3.63) is 101 Å². The van der Waals surface area contributed by atoms with Gasteiger partial charge in [0.2, 0.25) is 0 Å². The molecule has 1 aliphatic rings. The summed E-state index contributed by atoms with van der Waals surface area (Å²) in [7, 11) is 2.12. The first-order valence-electron chi connectivity index (χ1n) is 11.6. The summed E-state index contributed by atoms with van der Waals surface area (Å²) < 4.78 is 1.84. The van der Waals surface area contributed by atoms with Gasteiger partial charge in [-0.25, -0.2) is 4.68 Å². The van der Waals surface area contributed by atoms with Crippen LogP contribution in [0.1, 0.15) is 54.3 Å². The van der Waals surface area contributed by atoms with Crippen LogP contribution < -0.4 is 0 Å². The van der Waals surface area contributed by atoms with E-state index in [-0.39, 0.29) is 0 Å². The second-order valence-electron chi connectivity index (χ2n) is 9.11. The quantitative estimate of drug-likeness (QED) is 0.482. The third-order valence-corrected chi connectivity index (χ3v) is 6.14. The molecule has 0 saturated carbocycles. The van der Waals surface area contributed by atoms with Crippen molar-refractivity contribution in [2.24, 2.45) is 0 Å². The predicted octanol–water partition coefficient (Wildman–Crippen LogP) is 6.16. The number of rotatable bonds is 6. The van der Waals surface area contributed by atoms with E-state index in [1.165, 1.54) is 24.2 Å². The van der Waals surface area contributed by atoms with Gasteiger partial charge >= 0.3 is 5.97 Å². The van der Waals surface area contributed by atoms with E-state index in [0.29, 0.717) is 6.42 Å². The van der Waals surface area contributed by atoms with Crippen LogP contribution in [0.3, 0.4) is 0 Å². The number of hydrogen-bond acceptors (Lipinski definition) is 3. The first kappa shape index (κ1) is 25.0. The number of carboxylic acids is 1. The van der Waals surface area contributed by atoms with Crippen molar-refractivity contribution in [3.63, 3.8) is 0 Å². The van der Waals surface area contributed by atoms with Gasteiger partial charge < -0.3 is 10.0 Å². The number of carbonyl (C=O) groups is 1. The zero-order valence-corrected chi connectivity index (χ0v) is 20.9. The van der Waals surface area contributed by atoms with E-state index < -0.39 is 11.9 Å². The summed E-state index contributed by atoms with van der Waals surface area (Å²) >= 11 is 0. The monoisotopic (exact) mass is 457 g/mol. The molecule has 0 spiro atoms. The van der Waals surface area contributed by atoms with Crippen molar-refractivity contribution in [1.82, 2.24) is 14.7 Å². The highest BCUT2D eigenvalue weighted by Crippen LogP contribution is 2.25. The molecule has 178 valence electrons. The van der Waals surface area contributed by atoms with Crippen LogP contribution in [0.5, 0.6) is 0 Å². The van der Waals surface area contributed by atoms with Crippen LogP contribution in [-0.4, -0.2) is 39.3 Å². The van der Waals surface area contributed by atoms with Crippen molar-refractivity contribution < 1.29 is 9.90 Å². The second-order valence-corrected chi connectivity index (χ2v) is 9.11. The van der Waals surface area contributed by atoms with Gasteiger partial charge in [0.15, 0.2) is 0 Å². The van der Waals surface area contributed by atoms with Crippen molar-refractivity contribution in [1.29, 1.82) is 0 Å². The fourth-order valence-electron chi connectivity index (χ4n) is 3.96. The van der Waals surface area contributed by atoms with E-state index in [2.05, 4.69) is 31.5 Å². The summed E-state index contributed by atoms with van der Waals surface area (Å²) in [5, 5.41) is 14.5. The molecule has 4 rings (SSSR count). The number of allylic oxidation sites excluding steroid dienone is 2. The molecule has 34 heavy (non-hydrogen) atoms. The average Bonchev–Trinajstić information content (AvgIpc) is 3.38. The maximum absolute atomic E-state index is 11.9. The van der Waals surface area contributed by atoms with Crippen LogP contribution in [0.4, 0.5) is 0 Å². The summed E-state index contributed by atoms with van der Waals surface area (Å²) in [5.41, 5.74) is 7.89. The van der Waals surface area contributed by atoms with Crippen LogP contribution in [-0.2, 0) is 11.2 Å². The van der Waals surface area contributed by atoms with Gasteiger partial charge in [-0.05, 0) is 63.5 Å². The molecule has 1 unspecified atom stereocenters. The van der Waals surface area contributed by atoms with Crippen LogP contribution in [0, 0.1) is 13.8 Å². The summed E-state index contributed by atoms with van der Waals surface area (Å²) in [5.74, 6) is -1.48. The third kappa shape index (κ3) is 6.25. The van der Waals surface area contributed by atoms with Crippen molar-refractivity contribution in [2.45, 2.75) is 46.5 Å². The number of aliphatic carboxylic acids is 1. The van der Waals surface area contributed by atoms with Crippen LogP contribution in [0.15, 0.2) is 72.9 Å². The summed E-state index contributed by atoms with van der Waals surface area (Å²) in [4.78, 5) is 14.2. The molecule has 1 N–H and O–H groups in total. The molecule has 2 aromatic carbocycles. The number of carboxylic acid groups (broad SMARTS) is 1. The topological polar surface area (TPSA) is 58.4 Å². The molecule has 1 aliphatic heterocycles. The standard InChI is InChI=1S/C23H24N2O2.C6H11N/c1-15(2)22-14-19(24-25(22)20-10-8-16(3)9-11-20)13-21(23(26)27)18-7-5-6-17(4)12-18;1-6-4-3-5-7(6)2/h5-12,14,21H,1,13H2,2-4H3,(H,26,27);4H,3,5H2,1-2H3. The Kier molecular flexibility index (Phi) is 8.11. The molecule has 1 aromatic heterocycles. The Labute approximate surface area is 203 Å². The molecule has 1 atom stereocenters. The highest BCUT2D eigenvalue weighted by Gasteiger charge is 2.23. The molecule has 5 nitrogen and oxygen atoms in total. The van der Waals surface area contributed by atoms with E-state index in [0.717, 1.165) is 33.8 Å². The maximum Gasteiger partial charge on any atom is 0.311 e. The number of aryl methyl sites for hydroxylation is 2. The number of aromatic nitrogens is 2. The number of hydrogen-bond donors (Lipinski definition) is 1. The van der Waals surface area contributed by atoms with Crippen molar-refractivity contribution in [2.75, 3.05) is 13.6 Å². The SMILES string of the molecule is C=C(C)c1cc(CC(C(=O)O)c2cccc(C)c2)nn1-c1ccc(C)cc1.CC1=CCCN1C. The molecule has 0 radical (unpaired) electrons. The van der Waals surface area contributed by atoms with Gasteiger partial charge in [-0.3, -0.25) is 4.79 Å². The lowest BCUT2D eigenvalue weighted by molar-refractivity contribution is -0.138. The summed E-state index contributed by atoms with van der Waals surface area (Å²) in [6.45, 7) is 13.3. The Hall–Kier alpha value is -3.60. The Morgan fingerprint density at radius 3 is 2.29 bits per heavy atom. The van der Waals surface area contributed by atoms with E-state index in [1.807, 2.05) is 80.1 Å². The van der Waals surface area contributed by atoms with Crippen molar-refractivity contribution >= 4 is 11.5 Å². The van der Waals surface area contributed by atoms with Gasteiger partial charge in [0.25, 0.3) is 0 Å². The lowest BCUT2D eigenvalue weighted by atomic mass is 9.93. The molecule has 0 bridgehead atoms. The van der Waals surface area contributed by atoms with Crippen LogP contribution >= 0.6 is 0 Å². The first-order chi connectivity index (χ1) is 16.2. The lowest BCUT2D eigenvalue weighted by Crippen LogP contribution is -2.15. The largest absolute Gasteiger partial charge is 0.481 e. The van der Waals surface area contributed by atoms with Crippen LogP contribution in [0.25, 0.3) is 11.3 Å². The summed E-state index contributed by atoms with van der Waals surface area (Å²) in [6, 6.07) is 17.7. The molecule has 3 aromatic rings. The van der Waals surface area contributed by atoms with Gasteiger partial charge in [-0.15, -0.1) is 0 Å². The van der Waals surface area contributed by atoms with Crippen molar-refractivity contribution in [3.8, 4) is 5.69 Å². The van der Waals surface area contributed by atoms with Crippen LogP contribution in [0.2, 0.25) is 0 Å². The van der Waals surface area contributed by atoms with E-state index in [1.54, 1.807) is 0 Å². The molecular weight excluding hydrogens is 422 g/mol. The minimum absolute atomic E-state index is 0.331. The minimum Gasteiger partial charge on any atom is -0.481 e. The normalized spacial score (nSPS) is 13.7. The van der Waals surface area contributed by atoms with Gasteiger partial charge in [-0.2, -0.15) is 5.10 Å². The fourth-order valence-corrected chi connectivity index (χ4v) is 3.96. The van der Waals surface area contributed by atoms with E-state index in [9.17, 15) is 9.90 Å². The fraction of sp³-hybridized carbons (Fsp3) is 0.310. The highest BCUT2D eigenvalue weighted by atomic mass is 16.4. The number of nitrogens with zero attached hydrogens (tertiary/aromatic N) is 3. The molecule has 0 saturated heterocycles. The Balaban J connectivity index is 0.000000396. The molecule has 2 heterocycles. The van der Waals surface area contributed by atoms with Gasteiger partial charge in [0.05, 0.1) is 23.0 Å². The smallest absolute Gasteiger partial charge is 0.311 e. The lowest BCUT2D eigenvalue weighted by Gasteiger charge is -2.12. The third-order valence-electron chi connectivity index (χ3n) is 6.14. The first-order valence-corrected chi connectivity index (χ1v) is 11.6.